The topological polar surface area (TPSA) is 84.7 Å². The quantitative estimate of drug-likeness (QED) is 0.417. The zero-order chi connectivity index (χ0) is 21.9. The highest BCUT2D eigenvalue weighted by Crippen LogP contribution is 2.21. The molecule has 7 nitrogen and oxygen atoms in total. The van der Waals surface area contributed by atoms with E-state index >= 15 is 0 Å². The van der Waals surface area contributed by atoms with Gasteiger partial charge in [-0.3, -0.25) is 9.36 Å². The van der Waals surface area contributed by atoms with Gasteiger partial charge in [0, 0.05) is 11.9 Å². The summed E-state index contributed by atoms with van der Waals surface area (Å²) < 4.78 is 15.4. The van der Waals surface area contributed by atoms with Gasteiger partial charge in [0.2, 0.25) is 0 Å². The number of carbonyl (C=O) groups excluding carboxylic acids is 1. The first-order chi connectivity index (χ1) is 15.7. The van der Waals surface area contributed by atoms with E-state index in [0.717, 1.165) is 11.0 Å². The number of aromatic nitrogens is 4. The molecule has 0 aliphatic heterocycles. The first-order valence-corrected chi connectivity index (χ1v) is 9.85. The van der Waals surface area contributed by atoms with Gasteiger partial charge in [-0.05, 0) is 54.6 Å². The van der Waals surface area contributed by atoms with E-state index in [4.69, 9.17) is 0 Å². The Balaban J connectivity index is 1.35. The van der Waals surface area contributed by atoms with Crippen molar-refractivity contribution >= 4 is 34.1 Å². The lowest BCUT2D eigenvalue weighted by molar-refractivity contribution is 0.102. The van der Waals surface area contributed by atoms with Crippen LogP contribution in [0.3, 0.4) is 0 Å². The van der Waals surface area contributed by atoms with E-state index in [1.54, 1.807) is 55.1 Å². The highest BCUT2D eigenvalue weighted by molar-refractivity contribution is 6.07. The number of hydrogen-bond donors (Lipinski definition) is 2. The number of rotatable bonds is 5. The summed E-state index contributed by atoms with van der Waals surface area (Å²) in [6.45, 7) is 0. The molecule has 0 atom stereocenters. The summed E-state index contributed by atoms with van der Waals surface area (Å²) in [6.07, 6.45) is 4.85. The molecule has 2 aromatic carbocycles. The molecule has 0 aliphatic rings. The van der Waals surface area contributed by atoms with Crippen LogP contribution < -0.4 is 10.6 Å². The minimum absolute atomic E-state index is 0.321. The molecule has 5 rings (SSSR count). The molecule has 5 aromatic rings. The average Bonchev–Trinajstić information content (AvgIpc) is 3.24. The number of pyridine rings is 2. The summed E-state index contributed by atoms with van der Waals surface area (Å²) >= 11 is 0. The Morgan fingerprint density at radius 3 is 2.62 bits per heavy atom. The van der Waals surface area contributed by atoms with Crippen LogP contribution in [-0.4, -0.2) is 25.4 Å². The second-order valence-electron chi connectivity index (χ2n) is 7.00. The number of fused-ring (bicyclic) bond motifs is 1. The number of anilines is 3. The summed E-state index contributed by atoms with van der Waals surface area (Å²) in [6, 6.07) is 20.6. The van der Waals surface area contributed by atoms with Gasteiger partial charge in [-0.1, -0.05) is 18.2 Å². The smallest absolute Gasteiger partial charge is 0.259 e. The Bertz CT molecular complexity index is 1410. The molecular weight excluding hydrogens is 407 g/mol. The second-order valence-corrected chi connectivity index (χ2v) is 7.00. The average molecular weight is 424 g/mol. The first kappa shape index (κ1) is 19.4. The number of nitrogens with one attached hydrogen (secondary N) is 2. The van der Waals surface area contributed by atoms with E-state index in [2.05, 4.69) is 25.6 Å². The number of amides is 1. The van der Waals surface area contributed by atoms with Crippen molar-refractivity contribution in [2.24, 2.45) is 0 Å². The number of para-hydroxylation sites is 2. The van der Waals surface area contributed by atoms with E-state index in [9.17, 15) is 9.18 Å². The van der Waals surface area contributed by atoms with Crippen LogP contribution in [0.25, 0.3) is 16.9 Å². The monoisotopic (exact) mass is 424 g/mol. The minimum atomic E-state index is -0.381. The third-order valence-corrected chi connectivity index (χ3v) is 4.85. The molecule has 0 unspecified atom stereocenters. The van der Waals surface area contributed by atoms with Crippen LogP contribution in [0, 0.1) is 5.82 Å². The summed E-state index contributed by atoms with van der Waals surface area (Å²) in [5.41, 5.74) is 3.17. The molecule has 8 heteroatoms. The van der Waals surface area contributed by atoms with E-state index < -0.39 is 0 Å². The molecule has 3 heterocycles. The van der Waals surface area contributed by atoms with Gasteiger partial charge in [0.1, 0.15) is 23.8 Å². The lowest BCUT2D eigenvalue weighted by atomic mass is 10.2. The maximum Gasteiger partial charge on any atom is 0.259 e. The number of carbonyl (C=O) groups is 1. The van der Waals surface area contributed by atoms with Gasteiger partial charge in [0.05, 0.1) is 28.5 Å². The summed E-state index contributed by atoms with van der Waals surface area (Å²) in [4.78, 5) is 25.9. The van der Waals surface area contributed by atoms with Crippen LogP contribution in [0.4, 0.5) is 21.6 Å². The summed E-state index contributed by atoms with van der Waals surface area (Å²) in [5.74, 6) is 0.269. The fraction of sp³-hybridized carbons (Fsp3) is 0. The third kappa shape index (κ3) is 3.89. The van der Waals surface area contributed by atoms with Crippen LogP contribution >= 0.6 is 0 Å². The van der Waals surface area contributed by atoms with Crippen molar-refractivity contribution in [1.29, 1.82) is 0 Å². The van der Waals surface area contributed by atoms with Gasteiger partial charge in [-0.15, -0.1) is 0 Å². The first-order valence-electron chi connectivity index (χ1n) is 9.85. The number of imidazole rings is 1. The van der Waals surface area contributed by atoms with E-state index in [1.807, 2.05) is 28.8 Å². The van der Waals surface area contributed by atoms with Gasteiger partial charge in [-0.25, -0.2) is 19.3 Å². The lowest BCUT2D eigenvalue weighted by Gasteiger charge is -2.11. The minimum Gasteiger partial charge on any atom is -0.339 e. The molecule has 0 saturated heterocycles. The third-order valence-electron chi connectivity index (χ3n) is 4.85. The van der Waals surface area contributed by atoms with Crippen LogP contribution in [-0.2, 0) is 0 Å². The Kier molecular flexibility index (Phi) is 5.01. The Hall–Kier alpha value is -4.59. The Morgan fingerprint density at radius 2 is 1.78 bits per heavy atom. The highest BCUT2D eigenvalue weighted by Gasteiger charge is 2.14. The van der Waals surface area contributed by atoms with Crippen LogP contribution in [0.2, 0.25) is 0 Å². The van der Waals surface area contributed by atoms with Gasteiger partial charge in [0.15, 0.2) is 0 Å². The van der Waals surface area contributed by atoms with Gasteiger partial charge in [0.25, 0.3) is 5.91 Å². The predicted molar refractivity (Wildman–Crippen MR) is 121 cm³/mol. The lowest BCUT2D eigenvalue weighted by Crippen LogP contribution is -2.15. The van der Waals surface area contributed by atoms with Crippen LogP contribution in [0.5, 0.6) is 0 Å². The Labute approximate surface area is 182 Å². The summed E-state index contributed by atoms with van der Waals surface area (Å²) in [7, 11) is 0. The van der Waals surface area contributed by atoms with E-state index in [0.29, 0.717) is 28.6 Å². The molecule has 0 saturated carbocycles. The molecule has 0 bridgehead atoms. The molecular formula is C24H17FN6O. The van der Waals surface area contributed by atoms with Gasteiger partial charge >= 0.3 is 0 Å². The van der Waals surface area contributed by atoms with Crippen LogP contribution in [0.15, 0.2) is 91.5 Å². The fourth-order valence-electron chi connectivity index (χ4n) is 3.33. The largest absolute Gasteiger partial charge is 0.339 e. The van der Waals surface area contributed by atoms with Crippen molar-refractivity contribution in [3.63, 3.8) is 0 Å². The summed E-state index contributed by atoms with van der Waals surface area (Å²) in [5, 5.41) is 5.81. The van der Waals surface area contributed by atoms with Crippen molar-refractivity contribution in [3.8, 4) is 5.82 Å². The standard InChI is InChI=1S/C24H17FN6O/c25-16-5-3-6-17(13-16)29-23-19(7-4-12-26-23)24(32)30-18-10-11-22(27-14-18)31-15-28-20-8-1-2-9-21(20)31/h1-15H,(H,26,29)(H,30,32). The van der Waals surface area contributed by atoms with E-state index in [-0.39, 0.29) is 11.7 Å². The molecule has 0 spiro atoms. The number of hydrogen-bond acceptors (Lipinski definition) is 5. The molecule has 1 amide bonds. The van der Waals surface area contributed by atoms with Crippen molar-refractivity contribution in [2.75, 3.05) is 10.6 Å². The van der Waals surface area contributed by atoms with Crippen molar-refractivity contribution < 1.29 is 9.18 Å². The SMILES string of the molecule is O=C(Nc1ccc(-n2cnc3ccccc32)nc1)c1cccnc1Nc1cccc(F)c1. The molecule has 156 valence electrons. The number of halogens is 1. The predicted octanol–water partition coefficient (Wildman–Crippen LogP) is 4.95. The molecule has 32 heavy (non-hydrogen) atoms. The second kappa shape index (κ2) is 8.27. The highest BCUT2D eigenvalue weighted by atomic mass is 19.1. The molecule has 3 aromatic heterocycles. The molecule has 0 radical (unpaired) electrons. The number of nitrogens with zero attached hydrogens (tertiary/aromatic N) is 4. The molecule has 0 fully saturated rings. The Morgan fingerprint density at radius 1 is 0.875 bits per heavy atom. The molecule has 2 N–H and O–H groups in total. The van der Waals surface area contributed by atoms with Crippen molar-refractivity contribution in [1.82, 2.24) is 19.5 Å². The maximum absolute atomic E-state index is 13.5. The van der Waals surface area contributed by atoms with Crippen molar-refractivity contribution in [2.45, 2.75) is 0 Å². The van der Waals surface area contributed by atoms with Crippen molar-refractivity contribution in [3.05, 3.63) is 103 Å². The molecule has 0 aliphatic carbocycles. The van der Waals surface area contributed by atoms with E-state index in [1.165, 1.54) is 12.1 Å². The van der Waals surface area contributed by atoms with Gasteiger partial charge < -0.3 is 10.6 Å². The fourth-order valence-corrected chi connectivity index (χ4v) is 3.33. The normalized spacial score (nSPS) is 10.8. The zero-order valence-corrected chi connectivity index (χ0v) is 16.7. The number of benzene rings is 2. The zero-order valence-electron chi connectivity index (χ0n) is 16.7. The van der Waals surface area contributed by atoms with Gasteiger partial charge in [-0.2, -0.15) is 0 Å². The maximum atomic E-state index is 13.5. The van der Waals surface area contributed by atoms with Crippen LogP contribution in [0.1, 0.15) is 10.4 Å².